The van der Waals surface area contributed by atoms with Crippen molar-refractivity contribution < 1.29 is 19.1 Å². The molecular weight excluding hydrogens is 525 g/mol. The predicted octanol–water partition coefficient (Wildman–Crippen LogP) is 2.06. The summed E-state index contributed by atoms with van der Waals surface area (Å²) >= 11 is 0. The van der Waals surface area contributed by atoms with Crippen LogP contribution < -0.4 is 10.6 Å². The van der Waals surface area contributed by atoms with Gasteiger partial charge < -0.3 is 29.9 Å². The fourth-order valence-electron chi connectivity index (χ4n) is 3.03. The molecule has 1 aromatic carbocycles. The molecule has 2 N–H and O–H groups in total. The van der Waals surface area contributed by atoms with Crippen LogP contribution in [0, 0.1) is 0 Å². The Morgan fingerprint density at radius 1 is 1.19 bits per heavy atom. The number of amides is 2. The molecule has 180 valence electrons. The fraction of sp³-hybridized carbons (Fsp3) is 0.591. The first kappa shape index (κ1) is 28.0. The van der Waals surface area contributed by atoms with E-state index in [4.69, 9.17) is 9.47 Å². The molecule has 1 saturated heterocycles. The van der Waals surface area contributed by atoms with Gasteiger partial charge >= 0.3 is 6.09 Å². The fourth-order valence-corrected chi connectivity index (χ4v) is 3.03. The Morgan fingerprint density at radius 3 is 2.41 bits per heavy atom. The van der Waals surface area contributed by atoms with E-state index < -0.39 is 5.60 Å². The molecule has 2 atom stereocenters. The van der Waals surface area contributed by atoms with Crippen molar-refractivity contribution in [2.75, 3.05) is 40.8 Å². The van der Waals surface area contributed by atoms with Crippen LogP contribution in [0.25, 0.3) is 0 Å². The number of likely N-dealkylation sites (N-methyl/N-ethyl adjacent to an activating group) is 1. The van der Waals surface area contributed by atoms with Gasteiger partial charge in [-0.2, -0.15) is 0 Å². The lowest BCUT2D eigenvalue weighted by Gasteiger charge is -2.24. The minimum absolute atomic E-state index is 0. The summed E-state index contributed by atoms with van der Waals surface area (Å²) in [5, 5.41) is 6.41. The molecule has 9 nitrogen and oxygen atoms in total. The number of methoxy groups -OCH3 is 1. The number of nitrogens with zero attached hydrogens (tertiary/aromatic N) is 3. The lowest BCUT2D eigenvalue weighted by molar-refractivity contribution is -0.127. The average molecular weight is 561 g/mol. The number of hydrogen-bond donors (Lipinski definition) is 2. The summed E-state index contributed by atoms with van der Waals surface area (Å²) in [5.41, 5.74) is 0.481. The van der Waals surface area contributed by atoms with E-state index in [1.54, 1.807) is 26.1 Å². The highest BCUT2D eigenvalue weighted by atomic mass is 127. The first-order valence-corrected chi connectivity index (χ1v) is 10.4. The predicted molar refractivity (Wildman–Crippen MR) is 135 cm³/mol. The van der Waals surface area contributed by atoms with Crippen molar-refractivity contribution in [3.8, 4) is 0 Å². The highest BCUT2D eigenvalue weighted by Gasteiger charge is 2.38. The molecule has 1 aliphatic heterocycles. The molecule has 0 aromatic heterocycles. The topological polar surface area (TPSA) is 95.5 Å². The zero-order chi connectivity index (χ0) is 23.0. The first-order valence-electron chi connectivity index (χ1n) is 10.4. The van der Waals surface area contributed by atoms with Crippen molar-refractivity contribution in [2.45, 2.75) is 45.1 Å². The molecule has 0 bridgehead atoms. The Balaban J connectivity index is 0.00000512. The van der Waals surface area contributed by atoms with Crippen LogP contribution in [0.3, 0.4) is 0 Å². The standard InChI is InChI=1S/C22H35N5O4.HI/c1-22(2,3)31-21(29)27-14-17(18(15-27)30-6)25-20(24-13-19(28)26(4)5)23-12-16-10-8-7-9-11-16;/h7-11,17-18H,12-15H2,1-6H3,(H2,23,24,25);1H/t17?,18-;/m0./s1. The van der Waals surface area contributed by atoms with Gasteiger partial charge in [-0.1, -0.05) is 30.3 Å². The third-order valence-corrected chi connectivity index (χ3v) is 4.71. The van der Waals surface area contributed by atoms with E-state index in [0.717, 1.165) is 5.56 Å². The molecule has 1 unspecified atom stereocenters. The average Bonchev–Trinajstić information content (AvgIpc) is 3.12. The largest absolute Gasteiger partial charge is 0.444 e. The van der Waals surface area contributed by atoms with Crippen molar-refractivity contribution in [2.24, 2.45) is 4.99 Å². The van der Waals surface area contributed by atoms with Gasteiger partial charge in [0.15, 0.2) is 5.96 Å². The van der Waals surface area contributed by atoms with Gasteiger partial charge in [0, 0.05) is 27.7 Å². The smallest absolute Gasteiger partial charge is 0.410 e. The summed E-state index contributed by atoms with van der Waals surface area (Å²) < 4.78 is 11.1. The van der Waals surface area contributed by atoms with Crippen molar-refractivity contribution in [3.05, 3.63) is 35.9 Å². The van der Waals surface area contributed by atoms with Crippen LogP contribution in [-0.4, -0.2) is 86.3 Å². The summed E-state index contributed by atoms with van der Waals surface area (Å²) in [6.45, 7) is 6.88. The Kier molecular flexibility index (Phi) is 11.2. The number of nitrogens with one attached hydrogen (secondary N) is 2. The molecule has 1 aromatic rings. The second-order valence-electron chi connectivity index (χ2n) is 8.70. The van der Waals surface area contributed by atoms with Crippen molar-refractivity contribution >= 4 is 41.9 Å². The molecule has 10 heteroatoms. The Hall–Kier alpha value is -2.08. The molecule has 1 heterocycles. The summed E-state index contributed by atoms with van der Waals surface area (Å²) in [6.07, 6.45) is -0.613. The van der Waals surface area contributed by atoms with Crippen molar-refractivity contribution in [1.82, 2.24) is 20.4 Å². The third kappa shape index (κ3) is 9.19. The highest BCUT2D eigenvalue weighted by Crippen LogP contribution is 2.17. The van der Waals surface area contributed by atoms with Crippen LogP contribution >= 0.6 is 24.0 Å². The quantitative estimate of drug-likeness (QED) is 0.314. The van der Waals surface area contributed by atoms with Crippen LogP contribution in [0.5, 0.6) is 0 Å². The summed E-state index contributed by atoms with van der Waals surface area (Å²) in [4.78, 5) is 32.3. The summed E-state index contributed by atoms with van der Waals surface area (Å²) in [7, 11) is 5.02. The van der Waals surface area contributed by atoms with Gasteiger partial charge in [-0.3, -0.25) is 4.79 Å². The Bertz CT molecular complexity index is 767. The maximum atomic E-state index is 12.5. The number of guanidine groups is 1. The lowest BCUT2D eigenvalue weighted by atomic mass is 10.2. The van der Waals surface area contributed by atoms with E-state index in [2.05, 4.69) is 15.6 Å². The number of hydrogen-bond acceptors (Lipinski definition) is 5. The molecule has 2 rings (SSSR count). The van der Waals surface area contributed by atoms with E-state index in [0.29, 0.717) is 25.6 Å². The van der Waals surface area contributed by atoms with Gasteiger partial charge in [0.1, 0.15) is 5.60 Å². The van der Waals surface area contributed by atoms with E-state index >= 15 is 0 Å². The van der Waals surface area contributed by atoms with E-state index in [9.17, 15) is 9.59 Å². The van der Waals surface area contributed by atoms with Crippen molar-refractivity contribution in [1.29, 1.82) is 0 Å². The van der Waals surface area contributed by atoms with Crippen LogP contribution in [-0.2, 0) is 20.8 Å². The zero-order valence-electron chi connectivity index (χ0n) is 19.8. The van der Waals surface area contributed by atoms with Crippen LogP contribution in [0.2, 0.25) is 0 Å². The highest BCUT2D eigenvalue weighted by molar-refractivity contribution is 14.0. The number of likely N-dealkylation sites (tertiary alicyclic amines) is 1. The number of rotatable bonds is 6. The van der Waals surface area contributed by atoms with E-state index in [1.165, 1.54) is 4.90 Å². The number of carbonyl (C=O) groups is 2. The molecule has 32 heavy (non-hydrogen) atoms. The first-order chi connectivity index (χ1) is 14.6. The van der Waals surface area contributed by atoms with Gasteiger partial charge in [-0.15, -0.1) is 24.0 Å². The number of aliphatic imine (C=N–C) groups is 1. The van der Waals surface area contributed by atoms with Gasteiger partial charge in [-0.05, 0) is 26.3 Å². The van der Waals surface area contributed by atoms with Gasteiger partial charge in [0.05, 0.1) is 31.8 Å². The van der Waals surface area contributed by atoms with Crippen LogP contribution in [0.15, 0.2) is 35.3 Å². The summed E-state index contributed by atoms with van der Waals surface area (Å²) in [6, 6.07) is 9.64. The minimum Gasteiger partial charge on any atom is -0.444 e. The normalized spacial score (nSPS) is 18.6. The maximum Gasteiger partial charge on any atom is 0.410 e. The van der Waals surface area contributed by atoms with Gasteiger partial charge in [-0.25, -0.2) is 9.79 Å². The number of halogens is 1. The molecule has 2 amide bonds. The summed E-state index contributed by atoms with van der Waals surface area (Å²) in [5.74, 6) is 0.413. The second kappa shape index (κ2) is 12.8. The molecule has 1 fully saturated rings. The van der Waals surface area contributed by atoms with E-state index in [1.807, 2.05) is 51.1 Å². The zero-order valence-corrected chi connectivity index (χ0v) is 22.1. The monoisotopic (exact) mass is 561 g/mol. The van der Waals surface area contributed by atoms with Crippen molar-refractivity contribution in [3.63, 3.8) is 0 Å². The SMILES string of the molecule is CO[C@H]1CN(C(=O)OC(C)(C)C)CC1NC(=NCc1ccccc1)NCC(=O)N(C)C.I. The molecule has 0 aliphatic carbocycles. The van der Waals surface area contributed by atoms with Gasteiger partial charge in [0.25, 0.3) is 0 Å². The van der Waals surface area contributed by atoms with Gasteiger partial charge in [0.2, 0.25) is 5.91 Å². The molecule has 1 aliphatic rings. The van der Waals surface area contributed by atoms with E-state index in [-0.39, 0.29) is 54.7 Å². The molecule has 0 saturated carbocycles. The minimum atomic E-state index is -0.568. The second-order valence-corrected chi connectivity index (χ2v) is 8.70. The van der Waals surface area contributed by atoms with Crippen LogP contribution in [0.1, 0.15) is 26.3 Å². The maximum absolute atomic E-state index is 12.5. The molecular formula is C22H36IN5O4. The van der Waals surface area contributed by atoms with Crippen LogP contribution in [0.4, 0.5) is 4.79 Å². The number of benzene rings is 1. The lowest BCUT2D eigenvalue weighted by Crippen LogP contribution is -2.51. The molecule has 0 spiro atoms. The third-order valence-electron chi connectivity index (χ3n) is 4.71. The number of ether oxygens (including phenoxy) is 2. The Morgan fingerprint density at radius 2 is 1.84 bits per heavy atom. The molecule has 0 radical (unpaired) electrons. The number of carbonyl (C=O) groups excluding carboxylic acids is 2. The Labute approximate surface area is 207 Å².